The Morgan fingerprint density at radius 3 is 2.09 bits per heavy atom. The molecule has 0 amide bonds. The lowest BCUT2D eigenvalue weighted by Gasteiger charge is -2.57. The fraction of sp³-hybridized carbons (Fsp3) is 0.545. The molecule has 0 unspecified atom stereocenters. The van der Waals surface area contributed by atoms with Gasteiger partial charge in [-0.05, 0) is 97.4 Å². The smallest absolute Gasteiger partial charge is 0.00388 e. The molecular weight excluding hydrogens is 264 g/mol. The standard InChI is InChI=1S/C22H26/c1-14-5-15(2)21-10-20(4-3-19(21)6-14)22-11-16-7-17(12-22)9-18(8-16)13-22/h3-6,10,16-18H,7-9,11-13H2,1-2H3. The average molecular weight is 290 g/mol. The molecule has 2 aromatic carbocycles. The minimum absolute atomic E-state index is 0.528. The van der Waals surface area contributed by atoms with Crippen LogP contribution in [0.25, 0.3) is 10.8 Å². The fourth-order valence-electron chi connectivity index (χ4n) is 6.52. The molecule has 0 nitrogen and oxygen atoms in total. The van der Waals surface area contributed by atoms with E-state index in [1.165, 1.54) is 60.4 Å². The Balaban J connectivity index is 1.65. The van der Waals surface area contributed by atoms with E-state index in [-0.39, 0.29) is 0 Å². The van der Waals surface area contributed by atoms with Gasteiger partial charge in [-0.1, -0.05) is 35.9 Å². The number of aryl methyl sites for hydroxylation is 2. The van der Waals surface area contributed by atoms with Crippen LogP contribution in [0.1, 0.15) is 55.2 Å². The normalized spacial score (nSPS) is 36.2. The molecule has 0 N–H and O–H groups in total. The quantitative estimate of drug-likeness (QED) is 0.611. The molecule has 0 aromatic heterocycles. The maximum atomic E-state index is 2.55. The van der Waals surface area contributed by atoms with Crippen molar-refractivity contribution in [2.75, 3.05) is 0 Å². The fourth-order valence-corrected chi connectivity index (χ4v) is 6.52. The Morgan fingerprint density at radius 1 is 0.818 bits per heavy atom. The summed E-state index contributed by atoms with van der Waals surface area (Å²) in [6, 6.07) is 12.1. The van der Waals surface area contributed by atoms with Crippen molar-refractivity contribution in [1.82, 2.24) is 0 Å². The average Bonchev–Trinajstić information content (AvgIpc) is 2.45. The topological polar surface area (TPSA) is 0 Å². The third-order valence-electron chi connectivity index (χ3n) is 6.96. The molecule has 0 heteroatoms. The minimum atomic E-state index is 0.528. The first-order valence-corrected chi connectivity index (χ1v) is 9.13. The SMILES string of the molecule is Cc1cc(C)c2cc(C34CC5CC(CC(C5)C3)C4)ccc2c1. The molecule has 4 aliphatic rings. The van der Waals surface area contributed by atoms with Crippen molar-refractivity contribution in [3.63, 3.8) is 0 Å². The zero-order chi connectivity index (χ0) is 14.9. The zero-order valence-electron chi connectivity index (χ0n) is 13.9. The lowest BCUT2D eigenvalue weighted by molar-refractivity contribution is -0.00512. The monoisotopic (exact) mass is 290 g/mol. The molecule has 2 aromatic rings. The van der Waals surface area contributed by atoms with Gasteiger partial charge < -0.3 is 0 Å². The van der Waals surface area contributed by atoms with Crippen LogP contribution in [0.4, 0.5) is 0 Å². The van der Waals surface area contributed by atoms with Crippen molar-refractivity contribution in [2.24, 2.45) is 17.8 Å². The molecule has 6 rings (SSSR count). The highest BCUT2D eigenvalue weighted by atomic mass is 14.6. The maximum absolute atomic E-state index is 2.55. The van der Waals surface area contributed by atoms with E-state index < -0.39 is 0 Å². The molecule has 4 fully saturated rings. The van der Waals surface area contributed by atoms with Crippen LogP contribution in [0.5, 0.6) is 0 Å². The Kier molecular flexibility index (Phi) is 2.62. The molecule has 0 atom stereocenters. The van der Waals surface area contributed by atoms with Gasteiger partial charge >= 0.3 is 0 Å². The van der Waals surface area contributed by atoms with Crippen LogP contribution in [-0.4, -0.2) is 0 Å². The number of hydrogen-bond acceptors (Lipinski definition) is 0. The second kappa shape index (κ2) is 4.37. The highest BCUT2D eigenvalue weighted by Gasteiger charge is 2.51. The van der Waals surface area contributed by atoms with Crippen molar-refractivity contribution in [2.45, 2.75) is 57.8 Å². The largest absolute Gasteiger partial charge is 0.0578 e. The van der Waals surface area contributed by atoms with E-state index in [1.807, 2.05) is 0 Å². The number of hydrogen-bond donors (Lipinski definition) is 0. The summed E-state index contributed by atoms with van der Waals surface area (Å²) in [6.45, 7) is 4.48. The van der Waals surface area contributed by atoms with Gasteiger partial charge in [0.25, 0.3) is 0 Å². The first-order valence-electron chi connectivity index (χ1n) is 9.13. The first kappa shape index (κ1) is 13.2. The summed E-state index contributed by atoms with van der Waals surface area (Å²) in [6.07, 6.45) is 9.00. The summed E-state index contributed by atoms with van der Waals surface area (Å²) in [7, 11) is 0. The maximum Gasteiger partial charge on any atom is -0.00388 e. The van der Waals surface area contributed by atoms with E-state index in [0.717, 1.165) is 17.8 Å². The molecule has 22 heavy (non-hydrogen) atoms. The zero-order valence-corrected chi connectivity index (χ0v) is 13.9. The van der Waals surface area contributed by atoms with E-state index in [1.54, 1.807) is 5.56 Å². The predicted octanol–water partition coefficient (Wildman–Crippen LogP) is 5.92. The van der Waals surface area contributed by atoms with Crippen LogP contribution < -0.4 is 0 Å². The second-order valence-corrected chi connectivity index (χ2v) is 8.72. The highest BCUT2D eigenvalue weighted by Crippen LogP contribution is 2.60. The van der Waals surface area contributed by atoms with Crippen molar-refractivity contribution in [1.29, 1.82) is 0 Å². The third-order valence-corrected chi connectivity index (χ3v) is 6.96. The molecule has 4 bridgehead atoms. The van der Waals surface area contributed by atoms with E-state index >= 15 is 0 Å². The minimum Gasteiger partial charge on any atom is -0.0578 e. The van der Waals surface area contributed by atoms with Gasteiger partial charge in [0.15, 0.2) is 0 Å². The number of fused-ring (bicyclic) bond motifs is 1. The third kappa shape index (κ3) is 1.82. The summed E-state index contributed by atoms with van der Waals surface area (Å²) in [5.41, 5.74) is 5.01. The molecule has 0 heterocycles. The van der Waals surface area contributed by atoms with Gasteiger partial charge in [-0.25, -0.2) is 0 Å². The first-order chi connectivity index (χ1) is 10.6. The summed E-state index contributed by atoms with van der Waals surface area (Å²) in [4.78, 5) is 0. The van der Waals surface area contributed by atoms with Crippen LogP contribution in [0, 0.1) is 31.6 Å². The van der Waals surface area contributed by atoms with Gasteiger partial charge in [-0.15, -0.1) is 0 Å². The van der Waals surface area contributed by atoms with Gasteiger partial charge in [-0.3, -0.25) is 0 Å². The summed E-state index contributed by atoms with van der Waals surface area (Å²) >= 11 is 0. The van der Waals surface area contributed by atoms with E-state index in [4.69, 9.17) is 0 Å². The Morgan fingerprint density at radius 2 is 1.45 bits per heavy atom. The number of benzene rings is 2. The second-order valence-electron chi connectivity index (χ2n) is 8.72. The van der Waals surface area contributed by atoms with Gasteiger partial charge in [0.1, 0.15) is 0 Å². The number of rotatable bonds is 1. The molecule has 4 saturated carbocycles. The summed E-state index contributed by atoms with van der Waals surface area (Å²) < 4.78 is 0. The summed E-state index contributed by atoms with van der Waals surface area (Å²) in [5.74, 6) is 3.09. The van der Waals surface area contributed by atoms with Crippen molar-refractivity contribution in [3.8, 4) is 0 Å². The highest BCUT2D eigenvalue weighted by molar-refractivity contribution is 5.87. The summed E-state index contributed by atoms with van der Waals surface area (Å²) in [5, 5.41) is 2.91. The van der Waals surface area contributed by atoms with Crippen LogP contribution in [0.3, 0.4) is 0 Å². The van der Waals surface area contributed by atoms with E-state index in [2.05, 4.69) is 44.2 Å². The molecule has 114 valence electrons. The molecule has 0 aliphatic heterocycles. The van der Waals surface area contributed by atoms with Crippen molar-refractivity contribution >= 4 is 10.8 Å². The molecular formula is C22H26. The van der Waals surface area contributed by atoms with Crippen LogP contribution in [-0.2, 0) is 5.41 Å². The molecule has 0 saturated heterocycles. The molecule has 0 spiro atoms. The molecule has 0 radical (unpaired) electrons. The lowest BCUT2D eigenvalue weighted by Crippen LogP contribution is -2.48. The van der Waals surface area contributed by atoms with Gasteiger partial charge in [0.2, 0.25) is 0 Å². The van der Waals surface area contributed by atoms with E-state index in [0.29, 0.717) is 5.41 Å². The lowest BCUT2D eigenvalue weighted by atomic mass is 9.48. The van der Waals surface area contributed by atoms with E-state index in [9.17, 15) is 0 Å². The van der Waals surface area contributed by atoms with Gasteiger partial charge in [0.05, 0.1) is 0 Å². The Hall–Kier alpha value is -1.30. The Labute approximate surface area is 133 Å². The van der Waals surface area contributed by atoms with Gasteiger partial charge in [0, 0.05) is 0 Å². The van der Waals surface area contributed by atoms with Gasteiger partial charge in [-0.2, -0.15) is 0 Å². The van der Waals surface area contributed by atoms with Crippen LogP contribution in [0.2, 0.25) is 0 Å². The van der Waals surface area contributed by atoms with Crippen LogP contribution in [0.15, 0.2) is 30.3 Å². The predicted molar refractivity (Wildman–Crippen MR) is 93.3 cm³/mol. The van der Waals surface area contributed by atoms with Crippen LogP contribution >= 0.6 is 0 Å². The van der Waals surface area contributed by atoms with Crippen molar-refractivity contribution in [3.05, 3.63) is 47.0 Å². The molecule has 4 aliphatic carbocycles. The van der Waals surface area contributed by atoms with Crippen molar-refractivity contribution < 1.29 is 0 Å². The Bertz CT molecular complexity index is 717.